The highest BCUT2D eigenvalue weighted by Crippen LogP contribution is 2.37. The van der Waals surface area contributed by atoms with E-state index in [1.807, 2.05) is 13.8 Å². The van der Waals surface area contributed by atoms with E-state index in [1.165, 1.54) is 0 Å². The summed E-state index contributed by atoms with van der Waals surface area (Å²) >= 11 is 0. The van der Waals surface area contributed by atoms with Crippen LogP contribution in [0.15, 0.2) is 0 Å². The first kappa shape index (κ1) is 7.92. The Bertz CT molecular complexity index is 128. The van der Waals surface area contributed by atoms with Crippen molar-refractivity contribution in [3.8, 4) is 0 Å². The molecule has 1 rings (SSSR count). The number of alkyl halides is 2. The second-order valence-corrected chi connectivity index (χ2v) is 3.17. The standard InChI is InChI=1S/C7H13F2N.H2/c1-5(2)10-6-3-4-7(6,8)9;/h5-6,10H,3-4H2,1-2H3;1H. The van der Waals surface area contributed by atoms with E-state index in [-0.39, 0.29) is 13.9 Å². The van der Waals surface area contributed by atoms with Crippen LogP contribution in [-0.2, 0) is 0 Å². The predicted molar refractivity (Wildman–Crippen MR) is 38.4 cm³/mol. The quantitative estimate of drug-likeness (QED) is 0.636. The fourth-order valence-electron chi connectivity index (χ4n) is 1.11. The van der Waals surface area contributed by atoms with E-state index in [9.17, 15) is 8.78 Å². The molecule has 0 heterocycles. The summed E-state index contributed by atoms with van der Waals surface area (Å²) in [5, 5.41) is 2.82. The molecule has 62 valence electrons. The van der Waals surface area contributed by atoms with E-state index < -0.39 is 12.0 Å². The third kappa shape index (κ3) is 1.45. The molecule has 1 aliphatic rings. The molecule has 0 aromatic carbocycles. The molecule has 1 atom stereocenters. The highest BCUT2D eigenvalue weighted by Gasteiger charge is 2.48. The maximum Gasteiger partial charge on any atom is 0.263 e. The van der Waals surface area contributed by atoms with Crippen LogP contribution >= 0.6 is 0 Å². The number of nitrogens with one attached hydrogen (secondary N) is 1. The molecule has 0 radical (unpaired) electrons. The van der Waals surface area contributed by atoms with Crippen molar-refractivity contribution in [2.75, 3.05) is 0 Å². The minimum absolute atomic E-state index is 0. The minimum Gasteiger partial charge on any atom is -0.306 e. The lowest BCUT2D eigenvalue weighted by molar-refractivity contribution is -0.107. The van der Waals surface area contributed by atoms with Crippen molar-refractivity contribution < 1.29 is 10.2 Å². The van der Waals surface area contributed by atoms with E-state index in [2.05, 4.69) is 5.32 Å². The first-order valence-corrected chi connectivity index (χ1v) is 3.66. The highest BCUT2D eigenvalue weighted by molar-refractivity contribution is 4.94. The van der Waals surface area contributed by atoms with Gasteiger partial charge >= 0.3 is 0 Å². The molecule has 0 bridgehead atoms. The molecule has 0 amide bonds. The second kappa shape index (κ2) is 2.46. The van der Waals surface area contributed by atoms with Gasteiger partial charge in [-0.15, -0.1) is 0 Å². The van der Waals surface area contributed by atoms with Gasteiger partial charge in [0.2, 0.25) is 0 Å². The summed E-state index contributed by atoms with van der Waals surface area (Å²) in [5.41, 5.74) is 0. The molecule has 3 heteroatoms. The molecular weight excluding hydrogens is 136 g/mol. The molecule has 1 N–H and O–H groups in total. The molecule has 1 aliphatic carbocycles. The van der Waals surface area contributed by atoms with Crippen LogP contribution in [-0.4, -0.2) is 18.0 Å². The lowest BCUT2D eigenvalue weighted by Crippen LogP contribution is -2.55. The molecular formula is C7H15F2N. The van der Waals surface area contributed by atoms with Gasteiger partial charge < -0.3 is 5.32 Å². The van der Waals surface area contributed by atoms with Gasteiger partial charge in [0, 0.05) is 13.9 Å². The van der Waals surface area contributed by atoms with E-state index in [0.29, 0.717) is 6.42 Å². The van der Waals surface area contributed by atoms with Crippen LogP contribution in [0.2, 0.25) is 0 Å². The van der Waals surface area contributed by atoms with Gasteiger partial charge in [0.25, 0.3) is 5.92 Å². The van der Waals surface area contributed by atoms with Gasteiger partial charge in [0.05, 0.1) is 6.04 Å². The van der Waals surface area contributed by atoms with E-state index in [1.54, 1.807) is 0 Å². The molecule has 1 fully saturated rings. The summed E-state index contributed by atoms with van der Waals surface area (Å²) in [4.78, 5) is 0. The third-order valence-electron chi connectivity index (χ3n) is 1.81. The molecule has 0 aromatic rings. The Labute approximate surface area is 61.3 Å². The highest BCUT2D eigenvalue weighted by atomic mass is 19.3. The zero-order chi connectivity index (χ0) is 7.78. The van der Waals surface area contributed by atoms with Gasteiger partial charge in [-0.2, -0.15) is 0 Å². The molecule has 0 saturated heterocycles. The fourth-order valence-corrected chi connectivity index (χ4v) is 1.11. The average molecular weight is 151 g/mol. The Morgan fingerprint density at radius 3 is 2.30 bits per heavy atom. The van der Waals surface area contributed by atoms with Gasteiger partial charge in [-0.1, -0.05) is 13.8 Å². The monoisotopic (exact) mass is 151 g/mol. The second-order valence-electron chi connectivity index (χ2n) is 3.17. The maximum absolute atomic E-state index is 12.5. The Morgan fingerprint density at radius 1 is 1.60 bits per heavy atom. The van der Waals surface area contributed by atoms with Crippen molar-refractivity contribution >= 4 is 0 Å². The summed E-state index contributed by atoms with van der Waals surface area (Å²) in [6, 6.07) is -0.399. The lowest BCUT2D eigenvalue weighted by atomic mass is 9.87. The summed E-state index contributed by atoms with van der Waals surface area (Å²) in [7, 11) is 0. The molecule has 0 aliphatic heterocycles. The predicted octanol–water partition coefficient (Wildman–Crippen LogP) is 2.03. The summed E-state index contributed by atoms with van der Waals surface area (Å²) < 4.78 is 25.0. The van der Waals surface area contributed by atoms with Crippen molar-refractivity contribution in [3.05, 3.63) is 0 Å². The van der Waals surface area contributed by atoms with Crippen LogP contribution in [0.4, 0.5) is 8.78 Å². The smallest absolute Gasteiger partial charge is 0.263 e. The van der Waals surface area contributed by atoms with Crippen LogP contribution in [0.3, 0.4) is 0 Å². The zero-order valence-corrected chi connectivity index (χ0v) is 6.32. The van der Waals surface area contributed by atoms with Crippen molar-refractivity contribution in [1.29, 1.82) is 0 Å². The molecule has 10 heavy (non-hydrogen) atoms. The SMILES string of the molecule is CC(C)NC1CCC1(F)F.[HH]. The first-order chi connectivity index (χ1) is 4.52. The van der Waals surface area contributed by atoms with E-state index >= 15 is 0 Å². The van der Waals surface area contributed by atoms with Gasteiger partial charge in [0.15, 0.2) is 0 Å². The fraction of sp³-hybridized carbons (Fsp3) is 1.00. The largest absolute Gasteiger partial charge is 0.306 e. The van der Waals surface area contributed by atoms with Crippen molar-refractivity contribution in [3.63, 3.8) is 0 Å². The van der Waals surface area contributed by atoms with Gasteiger partial charge in [-0.05, 0) is 6.42 Å². The molecule has 1 unspecified atom stereocenters. The van der Waals surface area contributed by atoms with Gasteiger partial charge in [-0.25, -0.2) is 8.78 Å². The van der Waals surface area contributed by atoms with Gasteiger partial charge in [0.1, 0.15) is 0 Å². The minimum atomic E-state index is -2.44. The topological polar surface area (TPSA) is 12.0 Å². The first-order valence-electron chi connectivity index (χ1n) is 3.66. The van der Waals surface area contributed by atoms with Crippen LogP contribution in [0, 0.1) is 0 Å². The Balaban J connectivity index is 0.000001000. The Morgan fingerprint density at radius 2 is 2.20 bits per heavy atom. The van der Waals surface area contributed by atoms with Crippen LogP contribution in [0.25, 0.3) is 0 Å². The molecule has 0 spiro atoms. The zero-order valence-electron chi connectivity index (χ0n) is 6.32. The number of hydrogen-bond acceptors (Lipinski definition) is 1. The van der Waals surface area contributed by atoms with Crippen molar-refractivity contribution in [1.82, 2.24) is 5.32 Å². The lowest BCUT2D eigenvalue weighted by Gasteiger charge is -2.38. The maximum atomic E-state index is 12.5. The molecule has 1 nitrogen and oxygen atoms in total. The van der Waals surface area contributed by atoms with E-state index in [4.69, 9.17) is 0 Å². The van der Waals surface area contributed by atoms with E-state index in [0.717, 1.165) is 0 Å². The molecule has 0 aromatic heterocycles. The number of halogens is 2. The number of hydrogen-bond donors (Lipinski definition) is 1. The normalized spacial score (nSPS) is 30.3. The van der Waals surface area contributed by atoms with Crippen molar-refractivity contribution in [2.45, 2.75) is 44.7 Å². The van der Waals surface area contributed by atoms with Crippen molar-refractivity contribution in [2.24, 2.45) is 0 Å². The average Bonchev–Trinajstić information content (AvgIpc) is 1.81. The Hall–Kier alpha value is -0.180. The van der Waals surface area contributed by atoms with Crippen LogP contribution in [0.1, 0.15) is 28.1 Å². The summed E-state index contributed by atoms with van der Waals surface area (Å²) in [6.45, 7) is 3.77. The third-order valence-corrected chi connectivity index (χ3v) is 1.81. The summed E-state index contributed by atoms with van der Waals surface area (Å²) in [5.74, 6) is -2.44. The summed E-state index contributed by atoms with van der Waals surface area (Å²) in [6.07, 6.45) is 0.669. The molecule has 1 saturated carbocycles. The van der Waals surface area contributed by atoms with Gasteiger partial charge in [-0.3, -0.25) is 0 Å². The Kier molecular flexibility index (Phi) is 1.95. The number of rotatable bonds is 2. The van der Waals surface area contributed by atoms with Crippen LogP contribution < -0.4 is 5.32 Å². The van der Waals surface area contributed by atoms with Crippen LogP contribution in [0.5, 0.6) is 0 Å².